The van der Waals surface area contributed by atoms with E-state index in [9.17, 15) is 14.4 Å². The first-order valence-electron chi connectivity index (χ1n) is 7.23. The number of nitrogens with one attached hydrogen (secondary N) is 2. The molecule has 6 nitrogen and oxygen atoms in total. The quantitative estimate of drug-likeness (QED) is 0.621. The molecule has 0 heterocycles. The van der Waals surface area contributed by atoms with Gasteiger partial charge in [0, 0.05) is 25.9 Å². The molecule has 0 aromatic heterocycles. The Bertz CT molecular complexity index is 362. The molecule has 6 heteroatoms. The first-order valence-corrected chi connectivity index (χ1v) is 7.23. The van der Waals surface area contributed by atoms with Crippen LogP contribution in [0.15, 0.2) is 0 Å². The fraction of sp³-hybridized carbons (Fsp3) is 0.786. The van der Waals surface area contributed by atoms with E-state index in [-0.39, 0.29) is 36.5 Å². The summed E-state index contributed by atoms with van der Waals surface area (Å²) in [7, 11) is 0. The number of carboxylic acid groups (broad SMARTS) is 1. The molecular weight excluding hydrogens is 260 g/mol. The topological polar surface area (TPSA) is 95.5 Å². The number of amides is 2. The number of rotatable bonds is 8. The summed E-state index contributed by atoms with van der Waals surface area (Å²) in [6.45, 7) is 2.72. The Morgan fingerprint density at radius 1 is 1.05 bits per heavy atom. The fourth-order valence-electron chi connectivity index (χ4n) is 2.87. The molecule has 1 aliphatic carbocycles. The van der Waals surface area contributed by atoms with Crippen LogP contribution in [-0.2, 0) is 14.4 Å². The van der Waals surface area contributed by atoms with Crippen LogP contribution in [0.3, 0.4) is 0 Å². The third-order valence-corrected chi connectivity index (χ3v) is 3.77. The summed E-state index contributed by atoms with van der Waals surface area (Å²) in [5.41, 5.74) is -0.387. The van der Waals surface area contributed by atoms with Crippen molar-refractivity contribution in [2.24, 2.45) is 5.41 Å². The number of carbonyl (C=O) groups is 3. The largest absolute Gasteiger partial charge is 0.481 e. The van der Waals surface area contributed by atoms with Gasteiger partial charge in [-0.25, -0.2) is 0 Å². The third-order valence-electron chi connectivity index (χ3n) is 3.77. The summed E-state index contributed by atoms with van der Waals surface area (Å²) >= 11 is 0. The van der Waals surface area contributed by atoms with E-state index in [4.69, 9.17) is 5.11 Å². The second-order valence-electron chi connectivity index (χ2n) is 5.51. The predicted molar refractivity (Wildman–Crippen MR) is 74.1 cm³/mol. The molecule has 1 rings (SSSR count). The van der Waals surface area contributed by atoms with Crippen LogP contribution >= 0.6 is 0 Å². The van der Waals surface area contributed by atoms with Gasteiger partial charge in [0.15, 0.2) is 0 Å². The molecule has 1 aliphatic rings. The highest BCUT2D eigenvalue weighted by molar-refractivity contribution is 5.80. The minimum Gasteiger partial charge on any atom is -0.481 e. The molecule has 1 saturated carbocycles. The number of hydrogen-bond donors (Lipinski definition) is 3. The van der Waals surface area contributed by atoms with Crippen molar-refractivity contribution < 1.29 is 19.5 Å². The number of carboxylic acids is 1. The zero-order valence-electron chi connectivity index (χ0n) is 12.0. The maximum atomic E-state index is 11.9. The fourth-order valence-corrected chi connectivity index (χ4v) is 2.87. The Morgan fingerprint density at radius 3 is 2.25 bits per heavy atom. The van der Waals surface area contributed by atoms with Crippen LogP contribution in [0.1, 0.15) is 51.9 Å². The monoisotopic (exact) mass is 284 g/mol. The molecule has 0 aliphatic heterocycles. The molecule has 0 bridgehead atoms. The van der Waals surface area contributed by atoms with E-state index in [2.05, 4.69) is 10.6 Å². The highest BCUT2D eigenvalue weighted by Crippen LogP contribution is 2.43. The normalized spacial score (nSPS) is 16.6. The Kier molecular flexibility index (Phi) is 6.48. The first-order chi connectivity index (χ1) is 9.47. The minimum absolute atomic E-state index is 0.0523. The molecule has 0 aromatic carbocycles. The van der Waals surface area contributed by atoms with Crippen molar-refractivity contribution in [3.63, 3.8) is 0 Å². The molecule has 0 saturated heterocycles. The zero-order valence-corrected chi connectivity index (χ0v) is 12.0. The first kappa shape index (κ1) is 16.5. The average Bonchev–Trinajstić information content (AvgIpc) is 2.76. The van der Waals surface area contributed by atoms with Gasteiger partial charge in [0.2, 0.25) is 11.8 Å². The second-order valence-corrected chi connectivity index (χ2v) is 5.51. The SMILES string of the molecule is CCNC(=O)CCNC(=O)CC1(CC(=O)O)CCCC1. The summed E-state index contributed by atoms with van der Waals surface area (Å²) in [6.07, 6.45) is 4.11. The summed E-state index contributed by atoms with van der Waals surface area (Å²) < 4.78 is 0. The molecule has 0 atom stereocenters. The van der Waals surface area contributed by atoms with Crippen LogP contribution in [0.5, 0.6) is 0 Å². The molecule has 114 valence electrons. The summed E-state index contributed by atoms with van der Waals surface area (Å²) in [5.74, 6) is -1.09. The van der Waals surface area contributed by atoms with Crippen LogP contribution in [0.4, 0.5) is 0 Å². The minimum atomic E-state index is -0.845. The van der Waals surface area contributed by atoms with Gasteiger partial charge in [-0.05, 0) is 25.2 Å². The number of hydrogen-bond acceptors (Lipinski definition) is 3. The van der Waals surface area contributed by atoms with Gasteiger partial charge in [0.1, 0.15) is 0 Å². The van der Waals surface area contributed by atoms with Crippen LogP contribution in [0.25, 0.3) is 0 Å². The van der Waals surface area contributed by atoms with E-state index in [1.807, 2.05) is 6.92 Å². The van der Waals surface area contributed by atoms with Gasteiger partial charge in [-0.2, -0.15) is 0 Å². The molecule has 20 heavy (non-hydrogen) atoms. The van der Waals surface area contributed by atoms with Gasteiger partial charge >= 0.3 is 5.97 Å². The maximum Gasteiger partial charge on any atom is 0.303 e. The van der Waals surface area contributed by atoms with Crippen LogP contribution in [0, 0.1) is 5.41 Å². The Labute approximate surface area is 119 Å². The smallest absolute Gasteiger partial charge is 0.303 e. The van der Waals surface area contributed by atoms with Crippen LogP contribution in [0.2, 0.25) is 0 Å². The van der Waals surface area contributed by atoms with E-state index >= 15 is 0 Å². The predicted octanol–water partition coefficient (Wildman–Crippen LogP) is 1.05. The van der Waals surface area contributed by atoms with Gasteiger partial charge in [-0.15, -0.1) is 0 Å². The molecular formula is C14H24N2O4. The van der Waals surface area contributed by atoms with E-state index in [1.54, 1.807) is 0 Å². The van der Waals surface area contributed by atoms with Gasteiger partial charge in [0.25, 0.3) is 0 Å². The molecule has 2 amide bonds. The molecule has 0 aromatic rings. The lowest BCUT2D eigenvalue weighted by Gasteiger charge is -2.26. The molecule has 0 unspecified atom stereocenters. The number of carbonyl (C=O) groups excluding carboxylic acids is 2. The van der Waals surface area contributed by atoms with Crippen molar-refractivity contribution >= 4 is 17.8 Å². The average molecular weight is 284 g/mol. The Balaban J connectivity index is 2.35. The maximum absolute atomic E-state index is 11.9. The number of aliphatic carboxylic acids is 1. The molecule has 1 fully saturated rings. The third kappa shape index (κ3) is 5.59. The Hall–Kier alpha value is -1.59. The van der Waals surface area contributed by atoms with Gasteiger partial charge in [0.05, 0.1) is 6.42 Å². The highest BCUT2D eigenvalue weighted by Gasteiger charge is 2.37. The summed E-state index contributed by atoms with van der Waals surface area (Å²) in [6, 6.07) is 0. The lowest BCUT2D eigenvalue weighted by atomic mass is 9.79. The standard InChI is InChI=1S/C14H24N2O4/c1-2-15-11(17)5-8-16-12(18)9-14(10-13(19)20)6-3-4-7-14/h2-10H2,1H3,(H,15,17)(H,16,18)(H,19,20). The van der Waals surface area contributed by atoms with E-state index in [0.717, 1.165) is 25.7 Å². The van der Waals surface area contributed by atoms with E-state index in [0.29, 0.717) is 13.1 Å². The molecule has 0 spiro atoms. The van der Waals surface area contributed by atoms with Crippen molar-refractivity contribution in [3.8, 4) is 0 Å². The van der Waals surface area contributed by atoms with Crippen LogP contribution in [-0.4, -0.2) is 36.0 Å². The zero-order chi connectivity index (χ0) is 15.0. The summed E-state index contributed by atoms with van der Waals surface area (Å²) in [4.78, 5) is 34.1. The van der Waals surface area contributed by atoms with E-state index in [1.165, 1.54) is 0 Å². The highest BCUT2D eigenvalue weighted by atomic mass is 16.4. The van der Waals surface area contributed by atoms with Crippen molar-refractivity contribution in [1.82, 2.24) is 10.6 Å². The van der Waals surface area contributed by atoms with Crippen LogP contribution < -0.4 is 10.6 Å². The van der Waals surface area contributed by atoms with Crippen molar-refractivity contribution in [3.05, 3.63) is 0 Å². The lowest BCUT2D eigenvalue weighted by molar-refractivity contribution is -0.140. The lowest BCUT2D eigenvalue weighted by Crippen LogP contribution is -2.34. The molecule has 3 N–H and O–H groups in total. The van der Waals surface area contributed by atoms with Crippen molar-refractivity contribution in [2.45, 2.75) is 51.9 Å². The second kappa shape index (κ2) is 7.87. The van der Waals surface area contributed by atoms with Gasteiger partial charge in [-0.3, -0.25) is 14.4 Å². The van der Waals surface area contributed by atoms with Crippen molar-refractivity contribution in [1.29, 1.82) is 0 Å². The van der Waals surface area contributed by atoms with Gasteiger partial charge in [-0.1, -0.05) is 12.8 Å². The van der Waals surface area contributed by atoms with E-state index < -0.39 is 5.97 Å². The summed E-state index contributed by atoms with van der Waals surface area (Å²) in [5, 5.41) is 14.3. The Morgan fingerprint density at radius 2 is 1.70 bits per heavy atom. The van der Waals surface area contributed by atoms with Crippen molar-refractivity contribution in [2.75, 3.05) is 13.1 Å². The van der Waals surface area contributed by atoms with Gasteiger partial charge < -0.3 is 15.7 Å². The molecule has 0 radical (unpaired) electrons.